The lowest BCUT2D eigenvalue weighted by Gasteiger charge is -2.63. The summed E-state index contributed by atoms with van der Waals surface area (Å²) in [5.41, 5.74) is -0.222. The minimum atomic E-state index is -4.23. The molecular formula is C32H59N2O8S+. The molecule has 0 aromatic carbocycles. The number of aliphatic hydroxyl groups excluding tert-OH is 4. The molecule has 6 N–H and O–H groups in total. The first-order chi connectivity index (χ1) is 19.9. The van der Waals surface area contributed by atoms with E-state index in [9.17, 15) is 33.6 Å². The molecule has 0 spiro atoms. The van der Waals surface area contributed by atoms with Crippen molar-refractivity contribution >= 4 is 16.0 Å². The second-order valence-corrected chi connectivity index (χ2v) is 17.5. The van der Waals surface area contributed by atoms with Crippen molar-refractivity contribution in [1.29, 1.82) is 0 Å². The standard InChI is InChI=1S/C32H58N2O8S/c1-20(7-10-29(39)33-13-6-14-34(4,5)18-23(36)19-43(40,41)42)24-8-9-25-30-26(17-28(38)32(24,25)3)31(2)12-11-22(35)15-21(31)16-27(30)37/h20-28,30,35-38H,6-19H2,1-5H3,(H-,33,39,40,41,42)/p+1/t20-,21+,22-,23+,24+,25+,26+,27-,28+,30+,31+,32-/m1/s1. The minimum absolute atomic E-state index is 0.00585. The zero-order valence-electron chi connectivity index (χ0n) is 27.0. The van der Waals surface area contributed by atoms with Crippen LogP contribution in [0, 0.1) is 46.3 Å². The van der Waals surface area contributed by atoms with Gasteiger partial charge in [-0.25, -0.2) is 0 Å². The molecule has 0 aliphatic heterocycles. The number of nitrogens with zero attached hydrogens (tertiary/aromatic N) is 1. The highest BCUT2D eigenvalue weighted by Crippen LogP contribution is 2.68. The van der Waals surface area contributed by atoms with Crippen molar-refractivity contribution in [1.82, 2.24) is 5.32 Å². The number of amides is 1. The quantitative estimate of drug-likeness (QED) is 0.108. The number of aliphatic hydroxyl groups is 4. The van der Waals surface area contributed by atoms with E-state index in [2.05, 4.69) is 26.1 Å². The van der Waals surface area contributed by atoms with Crippen LogP contribution >= 0.6 is 0 Å². The van der Waals surface area contributed by atoms with Gasteiger partial charge in [-0.1, -0.05) is 20.8 Å². The monoisotopic (exact) mass is 631 g/mol. The molecular weight excluding hydrogens is 572 g/mol. The van der Waals surface area contributed by atoms with E-state index in [0.717, 1.165) is 44.9 Å². The molecule has 0 radical (unpaired) electrons. The number of fused-ring (bicyclic) bond motifs is 5. The Balaban J connectivity index is 1.27. The summed E-state index contributed by atoms with van der Waals surface area (Å²) >= 11 is 0. The second-order valence-electron chi connectivity index (χ2n) is 16.0. The van der Waals surface area contributed by atoms with E-state index in [1.54, 1.807) is 0 Å². The van der Waals surface area contributed by atoms with Gasteiger partial charge in [0.25, 0.3) is 10.1 Å². The van der Waals surface area contributed by atoms with Crippen molar-refractivity contribution in [2.45, 2.75) is 109 Å². The largest absolute Gasteiger partial charge is 0.393 e. The van der Waals surface area contributed by atoms with E-state index in [4.69, 9.17) is 4.55 Å². The normalized spacial score (nSPS) is 41.1. The number of rotatable bonds is 12. The maximum atomic E-state index is 12.7. The van der Waals surface area contributed by atoms with Crippen LogP contribution in [0.2, 0.25) is 0 Å². The Morgan fingerprint density at radius 3 is 2.42 bits per heavy atom. The lowest BCUT2D eigenvalue weighted by molar-refractivity contribution is -0.893. The fraction of sp³-hybridized carbons (Fsp3) is 0.969. The van der Waals surface area contributed by atoms with Gasteiger partial charge in [-0.15, -0.1) is 0 Å². The molecule has 11 heteroatoms. The van der Waals surface area contributed by atoms with Crippen molar-refractivity contribution in [3.63, 3.8) is 0 Å². The van der Waals surface area contributed by atoms with E-state index >= 15 is 0 Å². The van der Waals surface area contributed by atoms with Gasteiger partial charge in [0.15, 0.2) is 0 Å². The zero-order chi connectivity index (χ0) is 32.0. The summed E-state index contributed by atoms with van der Waals surface area (Å²) in [7, 11) is -0.484. The second kappa shape index (κ2) is 13.1. The number of carbonyl (C=O) groups excluding carboxylic acids is 1. The third-order valence-corrected chi connectivity index (χ3v) is 13.5. The topological polar surface area (TPSA) is 164 Å². The van der Waals surface area contributed by atoms with Crippen molar-refractivity contribution < 1.29 is 42.7 Å². The van der Waals surface area contributed by atoms with E-state index in [1.165, 1.54) is 0 Å². The zero-order valence-corrected chi connectivity index (χ0v) is 27.8. The molecule has 0 saturated heterocycles. The van der Waals surface area contributed by atoms with E-state index in [1.807, 2.05) is 14.1 Å². The van der Waals surface area contributed by atoms with Crippen molar-refractivity contribution in [3.8, 4) is 0 Å². The summed E-state index contributed by atoms with van der Waals surface area (Å²) in [6.07, 6.45) is 5.56. The molecule has 0 heterocycles. The summed E-state index contributed by atoms with van der Waals surface area (Å²) in [5, 5.41) is 46.5. The van der Waals surface area contributed by atoms with Gasteiger partial charge >= 0.3 is 0 Å². The molecule has 4 saturated carbocycles. The first-order valence-electron chi connectivity index (χ1n) is 16.6. The van der Waals surface area contributed by atoms with Gasteiger partial charge in [0.2, 0.25) is 5.91 Å². The molecule has 0 bridgehead atoms. The average Bonchev–Trinajstić information content (AvgIpc) is 3.24. The predicted molar refractivity (Wildman–Crippen MR) is 164 cm³/mol. The Morgan fingerprint density at radius 2 is 1.74 bits per heavy atom. The molecule has 0 unspecified atom stereocenters. The van der Waals surface area contributed by atoms with Crippen LogP contribution < -0.4 is 5.32 Å². The summed E-state index contributed by atoms with van der Waals surface area (Å²) in [4.78, 5) is 12.7. The van der Waals surface area contributed by atoms with Crippen LogP contribution in [-0.2, 0) is 14.9 Å². The number of hydrogen-bond acceptors (Lipinski definition) is 7. The lowest BCUT2D eigenvalue weighted by Crippen LogP contribution is -2.62. The highest BCUT2D eigenvalue weighted by Gasteiger charge is 2.65. The van der Waals surface area contributed by atoms with Gasteiger partial charge in [0.05, 0.1) is 39.0 Å². The van der Waals surface area contributed by atoms with Gasteiger partial charge in [0, 0.05) is 19.4 Å². The maximum Gasteiger partial charge on any atom is 0.267 e. The van der Waals surface area contributed by atoms with E-state index < -0.39 is 28.1 Å². The van der Waals surface area contributed by atoms with Crippen molar-refractivity contribution in [3.05, 3.63) is 0 Å². The molecule has 43 heavy (non-hydrogen) atoms. The number of hydrogen-bond donors (Lipinski definition) is 6. The SMILES string of the molecule is C[C@H](CCC(=O)NCCC[N+](C)(C)C[C@H](O)CS(=O)(=O)O)[C@@H]1CC[C@H]2[C@@H]3[C@H](O)C[C@@H]4C[C@H](O)CC[C@]4(C)[C@H]3C[C@H](O)[C@@]21C. The van der Waals surface area contributed by atoms with Crippen LogP contribution in [0.15, 0.2) is 0 Å². The number of quaternary nitrogens is 1. The van der Waals surface area contributed by atoms with E-state index in [0.29, 0.717) is 48.7 Å². The average molecular weight is 632 g/mol. The first kappa shape index (κ1) is 35.0. The van der Waals surface area contributed by atoms with Gasteiger partial charge in [-0.05, 0) is 97.7 Å². The lowest BCUT2D eigenvalue weighted by atomic mass is 9.43. The highest BCUT2D eigenvalue weighted by atomic mass is 32.2. The van der Waals surface area contributed by atoms with E-state index in [-0.39, 0.29) is 59.2 Å². The Labute approximate surface area is 259 Å². The summed E-state index contributed by atoms with van der Waals surface area (Å²) in [5.74, 6) is 0.890. The third kappa shape index (κ3) is 7.60. The Kier molecular flexibility index (Phi) is 10.7. The minimum Gasteiger partial charge on any atom is -0.393 e. The molecule has 1 amide bonds. The molecule has 4 rings (SSSR count). The van der Waals surface area contributed by atoms with Gasteiger partial charge in [-0.2, -0.15) is 8.42 Å². The van der Waals surface area contributed by atoms with Gasteiger partial charge < -0.3 is 30.2 Å². The Bertz CT molecular complexity index is 1090. The van der Waals surface area contributed by atoms with Crippen LogP contribution in [0.4, 0.5) is 0 Å². The van der Waals surface area contributed by atoms with Crippen LogP contribution in [0.1, 0.15) is 85.0 Å². The molecule has 12 atom stereocenters. The molecule has 10 nitrogen and oxygen atoms in total. The van der Waals surface area contributed by atoms with Crippen LogP contribution in [0.5, 0.6) is 0 Å². The Morgan fingerprint density at radius 1 is 1.05 bits per heavy atom. The predicted octanol–water partition coefficient (Wildman–Crippen LogP) is 2.20. The third-order valence-electron chi connectivity index (χ3n) is 12.7. The highest BCUT2D eigenvalue weighted by molar-refractivity contribution is 7.85. The molecule has 0 aromatic heterocycles. The fourth-order valence-electron chi connectivity index (χ4n) is 10.5. The van der Waals surface area contributed by atoms with Crippen molar-refractivity contribution in [2.24, 2.45) is 46.3 Å². The molecule has 4 fully saturated rings. The van der Waals surface area contributed by atoms with Crippen molar-refractivity contribution in [2.75, 3.05) is 39.5 Å². The summed E-state index contributed by atoms with van der Waals surface area (Å²) < 4.78 is 31.3. The molecule has 4 aliphatic rings. The smallest absolute Gasteiger partial charge is 0.267 e. The fourth-order valence-corrected chi connectivity index (χ4v) is 11.1. The summed E-state index contributed by atoms with van der Waals surface area (Å²) in [6, 6.07) is 0. The van der Waals surface area contributed by atoms with Gasteiger partial charge in [0.1, 0.15) is 18.4 Å². The van der Waals surface area contributed by atoms with Crippen LogP contribution in [0.3, 0.4) is 0 Å². The molecule has 0 aromatic rings. The first-order valence-corrected chi connectivity index (χ1v) is 18.2. The number of carbonyl (C=O) groups is 1. The maximum absolute atomic E-state index is 12.7. The summed E-state index contributed by atoms with van der Waals surface area (Å²) in [6.45, 7) is 8.10. The molecule has 250 valence electrons. The van der Waals surface area contributed by atoms with Gasteiger partial charge in [-0.3, -0.25) is 9.35 Å². The number of nitrogens with one attached hydrogen (secondary N) is 1. The molecule has 4 aliphatic carbocycles. The van der Waals surface area contributed by atoms with Crippen LogP contribution in [-0.4, -0.2) is 108 Å². The Hall–Kier alpha value is -0.820. The van der Waals surface area contributed by atoms with Crippen LogP contribution in [0.25, 0.3) is 0 Å². The number of likely N-dealkylation sites (N-methyl/N-ethyl adjacent to an activating group) is 1.